The van der Waals surface area contributed by atoms with Gasteiger partial charge in [-0.2, -0.15) is 0 Å². The molecule has 138 valence electrons. The number of carbonyl (C=O) groups is 1. The number of benzene rings is 2. The Morgan fingerprint density at radius 1 is 0.815 bits per heavy atom. The number of hydrogen-bond acceptors (Lipinski definition) is 4. The molecular weight excluding hydrogens is 364 g/mol. The van der Waals surface area contributed by atoms with E-state index in [1.54, 1.807) is 12.1 Å². The number of carbonyl (C=O) groups excluding carboxylic acids is 1. The fourth-order valence-electron chi connectivity index (χ4n) is 2.17. The van der Waals surface area contributed by atoms with Gasteiger partial charge in [0, 0.05) is 6.54 Å². The molecule has 0 radical (unpaired) electrons. The molecule has 3 aromatic rings. The Balaban J connectivity index is 1.62. The molecule has 27 heavy (non-hydrogen) atoms. The molecule has 0 unspecified atom stereocenters. The molecule has 0 atom stereocenters. The first kappa shape index (κ1) is 18.3. The Bertz CT molecular complexity index is 962. The van der Waals surface area contributed by atoms with E-state index in [9.17, 15) is 22.4 Å². The van der Waals surface area contributed by atoms with Crippen molar-refractivity contribution in [3.8, 4) is 0 Å². The highest BCUT2D eigenvalue weighted by Gasteiger charge is 2.19. The minimum Gasteiger partial charge on any atom is -0.365 e. The van der Waals surface area contributed by atoms with Crippen molar-refractivity contribution in [1.82, 2.24) is 10.2 Å². The number of nitrogens with one attached hydrogen (secondary N) is 2. The van der Waals surface area contributed by atoms with E-state index in [4.69, 9.17) is 0 Å². The van der Waals surface area contributed by atoms with Crippen LogP contribution in [-0.2, 0) is 6.54 Å². The number of anilines is 2. The molecule has 2 aromatic carbocycles. The van der Waals surface area contributed by atoms with E-state index >= 15 is 0 Å². The normalized spacial score (nSPS) is 10.5. The van der Waals surface area contributed by atoms with Gasteiger partial charge < -0.3 is 10.6 Å². The van der Waals surface area contributed by atoms with Gasteiger partial charge in [-0.25, -0.2) is 17.6 Å². The van der Waals surface area contributed by atoms with Crippen molar-refractivity contribution in [2.75, 3.05) is 10.6 Å². The molecule has 0 aliphatic heterocycles. The van der Waals surface area contributed by atoms with E-state index in [0.29, 0.717) is 18.4 Å². The molecule has 0 bridgehead atoms. The molecule has 1 aromatic heterocycles. The summed E-state index contributed by atoms with van der Waals surface area (Å²) in [6, 6.07) is 10.3. The number of aromatic nitrogens is 2. The van der Waals surface area contributed by atoms with Crippen molar-refractivity contribution < 1.29 is 22.4 Å². The molecule has 0 fully saturated rings. The number of nitrogens with zero attached hydrogens (tertiary/aromatic N) is 2. The van der Waals surface area contributed by atoms with Crippen LogP contribution in [0, 0.1) is 23.3 Å². The number of hydrogen-bond donors (Lipinski definition) is 2. The van der Waals surface area contributed by atoms with E-state index in [2.05, 4.69) is 20.8 Å². The topological polar surface area (TPSA) is 66.9 Å². The van der Waals surface area contributed by atoms with Crippen molar-refractivity contribution in [2.45, 2.75) is 6.54 Å². The van der Waals surface area contributed by atoms with Crippen molar-refractivity contribution in [3.63, 3.8) is 0 Å². The monoisotopic (exact) mass is 376 g/mol. The first-order chi connectivity index (χ1) is 12.9. The molecule has 0 saturated carbocycles. The van der Waals surface area contributed by atoms with Crippen LogP contribution < -0.4 is 10.6 Å². The van der Waals surface area contributed by atoms with Crippen LogP contribution in [0.2, 0.25) is 0 Å². The highest BCUT2D eigenvalue weighted by Crippen LogP contribution is 2.17. The zero-order valence-corrected chi connectivity index (χ0v) is 13.6. The predicted octanol–water partition coefficient (Wildman–Crippen LogP) is 3.90. The maximum absolute atomic E-state index is 13.6. The molecule has 0 spiro atoms. The molecule has 3 rings (SSSR count). The van der Waals surface area contributed by atoms with Gasteiger partial charge in [-0.1, -0.05) is 12.1 Å². The van der Waals surface area contributed by atoms with Crippen LogP contribution in [0.15, 0.2) is 48.5 Å². The molecular formula is C18H12F4N4O. The summed E-state index contributed by atoms with van der Waals surface area (Å²) in [5.74, 6) is -5.65. The van der Waals surface area contributed by atoms with Crippen LogP contribution in [0.5, 0.6) is 0 Å². The average Bonchev–Trinajstić information content (AvgIpc) is 2.67. The molecule has 0 saturated heterocycles. The van der Waals surface area contributed by atoms with E-state index in [1.165, 1.54) is 24.3 Å². The van der Waals surface area contributed by atoms with Gasteiger partial charge in [0.05, 0.1) is 5.56 Å². The molecule has 1 heterocycles. The molecule has 1 amide bonds. The van der Waals surface area contributed by atoms with Gasteiger partial charge in [-0.05, 0) is 42.0 Å². The first-order valence-electron chi connectivity index (χ1n) is 7.71. The minimum atomic E-state index is -1.73. The summed E-state index contributed by atoms with van der Waals surface area (Å²) >= 11 is 0. The second-order valence-electron chi connectivity index (χ2n) is 5.46. The summed E-state index contributed by atoms with van der Waals surface area (Å²) in [4.78, 5) is 12.0. The lowest BCUT2D eigenvalue weighted by atomic mass is 10.2. The smallest absolute Gasteiger partial charge is 0.259 e. The van der Waals surface area contributed by atoms with E-state index in [0.717, 1.165) is 11.6 Å². The van der Waals surface area contributed by atoms with Gasteiger partial charge in [0.2, 0.25) is 0 Å². The molecule has 0 aliphatic rings. The zero-order chi connectivity index (χ0) is 19.4. The first-order valence-corrected chi connectivity index (χ1v) is 7.71. The second kappa shape index (κ2) is 7.81. The van der Waals surface area contributed by atoms with Crippen LogP contribution in [0.3, 0.4) is 0 Å². The average molecular weight is 376 g/mol. The Morgan fingerprint density at radius 3 is 2.15 bits per heavy atom. The van der Waals surface area contributed by atoms with E-state index in [1.807, 2.05) is 0 Å². The van der Waals surface area contributed by atoms with Crippen molar-refractivity contribution in [2.24, 2.45) is 0 Å². The van der Waals surface area contributed by atoms with Crippen molar-refractivity contribution >= 4 is 17.5 Å². The Morgan fingerprint density at radius 2 is 1.48 bits per heavy atom. The summed E-state index contributed by atoms with van der Waals surface area (Å²) in [5.41, 5.74) is 0.165. The number of halogens is 4. The number of rotatable bonds is 5. The lowest BCUT2D eigenvalue weighted by molar-refractivity contribution is 0.102. The van der Waals surface area contributed by atoms with Crippen LogP contribution in [0.4, 0.5) is 29.2 Å². The molecule has 2 N–H and O–H groups in total. The second-order valence-corrected chi connectivity index (χ2v) is 5.46. The third-order valence-corrected chi connectivity index (χ3v) is 3.57. The maximum atomic E-state index is 13.6. The fraction of sp³-hybridized carbons (Fsp3) is 0.0556. The van der Waals surface area contributed by atoms with Crippen LogP contribution in [0.25, 0.3) is 0 Å². The highest BCUT2D eigenvalue weighted by molar-refractivity contribution is 6.03. The van der Waals surface area contributed by atoms with Gasteiger partial charge in [-0.3, -0.25) is 4.79 Å². The summed E-state index contributed by atoms with van der Waals surface area (Å²) in [6.07, 6.45) is 0. The lowest BCUT2D eigenvalue weighted by Crippen LogP contribution is -2.16. The van der Waals surface area contributed by atoms with Crippen LogP contribution in [0.1, 0.15) is 15.9 Å². The Labute approximate surface area is 151 Å². The van der Waals surface area contributed by atoms with Gasteiger partial charge >= 0.3 is 0 Å². The van der Waals surface area contributed by atoms with Crippen molar-refractivity contribution in [1.29, 1.82) is 0 Å². The predicted molar refractivity (Wildman–Crippen MR) is 90.0 cm³/mol. The quantitative estimate of drug-likeness (QED) is 0.524. The highest BCUT2D eigenvalue weighted by atomic mass is 19.2. The summed E-state index contributed by atoms with van der Waals surface area (Å²) < 4.78 is 52.6. The van der Waals surface area contributed by atoms with Crippen molar-refractivity contribution in [3.05, 3.63) is 82.9 Å². The third-order valence-electron chi connectivity index (χ3n) is 3.57. The fourth-order valence-corrected chi connectivity index (χ4v) is 2.17. The number of amides is 1. The zero-order valence-electron chi connectivity index (χ0n) is 13.6. The molecule has 9 heteroatoms. The van der Waals surface area contributed by atoms with Crippen LogP contribution in [-0.4, -0.2) is 16.1 Å². The maximum Gasteiger partial charge on any atom is 0.259 e. The summed E-state index contributed by atoms with van der Waals surface area (Å²) in [6.45, 7) is 0.376. The lowest BCUT2D eigenvalue weighted by Gasteiger charge is -2.08. The Hall–Kier alpha value is -3.49. The SMILES string of the molecule is O=C(Nc1ccc(NCc2ccc(F)cc2)nn1)c1ccc(F)c(F)c1F. The third kappa shape index (κ3) is 4.38. The van der Waals surface area contributed by atoms with Crippen LogP contribution >= 0.6 is 0 Å². The summed E-state index contributed by atoms with van der Waals surface area (Å²) in [5, 5.41) is 12.8. The minimum absolute atomic E-state index is 0.00327. The van der Waals surface area contributed by atoms with Gasteiger partial charge in [-0.15, -0.1) is 10.2 Å². The van der Waals surface area contributed by atoms with E-state index < -0.39 is 28.9 Å². The molecule has 0 aliphatic carbocycles. The summed E-state index contributed by atoms with van der Waals surface area (Å²) in [7, 11) is 0. The van der Waals surface area contributed by atoms with Gasteiger partial charge in [0.1, 0.15) is 11.6 Å². The molecule has 5 nitrogen and oxygen atoms in total. The van der Waals surface area contributed by atoms with Gasteiger partial charge in [0.25, 0.3) is 5.91 Å². The standard InChI is InChI=1S/C18H12F4N4O/c19-11-3-1-10(2-4-11)9-23-14-7-8-15(26-25-14)24-18(27)12-5-6-13(20)17(22)16(12)21/h1-8H,9H2,(H,23,25)(H,24,26,27). The van der Waals surface area contributed by atoms with E-state index in [-0.39, 0.29) is 11.6 Å². The van der Waals surface area contributed by atoms with Gasteiger partial charge in [0.15, 0.2) is 23.3 Å². The Kier molecular flexibility index (Phi) is 5.30. The largest absolute Gasteiger partial charge is 0.365 e.